The zero-order valence-corrected chi connectivity index (χ0v) is 9.18. The predicted octanol–water partition coefficient (Wildman–Crippen LogP) is 0.571. The summed E-state index contributed by atoms with van der Waals surface area (Å²) < 4.78 is 1.68. The number of hydrogen-bond acceptors (Lipinski definition) is 3. The fourth-order valence-electron chi connectivity index (χ4n) is 1.35. The maximum Gasteiger partial charge on any atom is 0.240 e. The van der Waals surface area contributed by atoms with Crippen molar-refractivity contribution in [2.24, 2.45) is 0 Å². The maximum absolute atomic E-state index is 11.3. The molecule has 1 heterocycles. The molecule has 0 saturated carbocycles. The summed E-state index contributed by atoms with van der Waals surface area (Å²) in [5, 5.41) is 20.3. The quantitative estimate of drug-likeness (QED) is 0.713. The van der Waals surface area contributed by atoms with Gasteiger partial charge in [-0.25, -0.2) is 0 Å². The van der Waals surface area contributed by atoms with Crippen LogP contribution in [-0.2, 0) is 11.3 Å². The van der Waals surface area contributed by atoms with Crippen LogP contribution in [0, 0.1) is 11.3 Å². The Kier molecular flexibility index (Phi) is 4.55. The molecule has 1 rings (SSSR count). The van der Waals surface area contributed by atoms with Crippen LogP contribution in [0.15, 0.2) is 18.5 Å². The smallest absolute Gasteiger partial charge is 0.240 e. The summed E-state index contributed by atoms with van der Waals surface area (Å²) in [6.45, 7) is 2.07. The zero-order valence-electron chi connectivity index (χ0n) is 9.18. The molecule has 1 atom stereocenters. The van der Waals surface area contributed by atoms with E-state index in [9.17, 15) is 9.90 Å². The van der Waals surface area contributed by atoms with E-state index in [0.717, 1.165) is 5.56 Å². The molecule has 0 spiro atoms. The van der Waals surface area contributed by atoms with Gasteiger partial charge in [-0.15, -0.1) is 0 Å². The lowest BCUT2D eigenvalue weighted by Crippen LogP contribution is -2.27. The molecule has 1 aromatic rings. The van der Waals surface area contributed by atoms with E-state index in [1.807, 2.05) is 13.0 Å². The predicted molar refractivity (Wildman–Crippen MR) is 58.3 cm³/mol. The Morgan fingerprint density at radius 2 is 2.50 bits per heavy atom. The standard InChI is InChI=1S/C11H15N3O2/c1-2-10(15)9-3-6-14(7-9)8-11(16)13-5-4-12/h3,6-7,10,15H,2,5,8H2,1H3,(H,13,16). The van der Waals surface area contributed by atoms with Gasteiger partial charge in [-0.2, -0.15) is 5.26 Å². The van der Waals surface area contributed by atoms with Crippen LogP contribution in [0.4, 0.5) is 0 Å². The third-order valence-electron chi connectivity index (χ3n) is 2.24. The number of rotatable bonds is 5. The lowest BCUT2D eigenvalue weighted by Gasteiger charge is -2.04. The van der Waals surface area contributed by atoms with Crippen molar-refractivity contribution in [1.29, 1.82) is 5.26 Å². The number of nitrogens with zero attached hydrogens (tertiary/aromatic N) is 2. The fourth-order valence-corrected chi connectivity index (χ4v) is 1.35. The summed E-state index contributed by atoms with van der Waals surface area (Å²) in [6, 6.07) is 3.62. The summed E-state index contributed by atoms with van der Waals surface area (Å²) in [5.74, 6) is -0.213. The Bertz CT molecular complexity index is 392. The van der Waals surface area contributed by atoms with Gasteiger partial charge in [0.25, 0.3) is 0 Å². The molecule has 1 unspecified atom stereocenters. The van der Waals surface area contributed by atoms with Crippen LogP contribution < -0.4 is 5.32 Å². The molecule has 16 heavy (non-hydrogen) atoms. The molecular formula is C11H15N3O2. The van der Waals surface area contributed by atoms with Gasteiger partial charge in [-0.1, -0.05) is 6.92 Å². The first-order valence-corrected chi connectivity index (χ1v) is 5.14. The Balaban J connectivity index is 2.52. The van der Waals surface area contributed by atoms with Crippen molar-refractivity contribution >= 4 is 5.91 Å². The highest BCUT2D eigenvalue weighted by atomic mass is 16.3. The number of carbonyl (C=O) groups excluding carboxylic acids is 1. The normalized spacial score (nSPS) is 11.8. The zero-order chi connectivity index (χ0) is 12.0. The van der Waals surface area contributed by atoms with Gasteiger partial charge in [0.2, 0.25) is 5.91 Å². The van der Waals surface area contributed by atoms with E-state index in [0.29, 0.717) is 6.42 Å². The van der Waals surface area contributed by atoms with Gasteiger partial charge in [0, 0.05) is 12.4 Å². The molecule has 0 aliphatic carbocycles. The first-order chi connectivity index (χ1) is 7.67. The molecule has 1 aromatic heterocycles. The van der Waals surface area contributed by atoms with E-state index in [2.05, 4.69) is 5.32 Å². The molecule has 0 bridgehead atoms. The van der Waals surface area contributed by atoms with E-state index in [1.54, 1.807) is 23.0 Å². The summed E-state index contributed by atoms with van der Waals surface area (Å²) >= 11 is 0. The van der Waals surface area contributed by atoms with Crippen molar-refractivity contribution in [2.45, 2.75) is 26.0 Å². The van der Waals surface area contributed by atoms with Gasteiger partial charge in [-0.3, -0.25) is 4.79 Å². The van der Waals surface area contributed by atoms with E-state index < -0.39 is 6.10 Å². The van der Waals surface area contributed by atoms with Crippen molar-refractivity contribution in [1.82, 2.24) is 9.88 Å². The van der Waals surface area contributed by atoms with Crippen molar-refractivity contribution in [3.63, 3.8) is 0 Å². The summed E-state index contributed by atoms with van der Waals surface area (Å²) in [4.78, 5) is 11.3. The molecule has 2 N–H and O–H groups in total. The number of hydrogen-bond donors (Lipinski definition) is 2. The Morgan fingerprint density at radius 1 is 1.75 bits per heavy atom. The van der Waals surface area contributed by atoms with E-state index in [-0.39, 0.29) is 19.0 Å². The van der Waals surface area contributed by atoms with Crippen LogP contribution in [0.25, 0.3) is 0 Å². The molecule has 0 radical (unpaired) electrons. The molecule has 86 valence electrons. The van der Waals surface area contributed by atoms with Gasteiger partial charge < -0.3 is 15.0 Å². The molecular weight excluding hydrogens is 206 g/mol. The highest BCUT2D eigenvalue weighted by Gasteiger charge is 2.07. The topological polar surface area (TPSA) is 78.1 Å². The maximum atomic E-state index is 11.3. The SMILES string of the molecule is CCC(O)c1ccn(CC(=O)NCC#N)c1. The molecule has 0 fully saturated rings. The van der Waals surface area contributed by atoms with Crippen molar-refractivity contribution in [3.05, 3.63) is 24.0 Å². The highest BCUT2D eigenvalue weighted by molar-refractivity contribution is 5.75. The molecule has 0 aliphatic rings. The first kappa shape index (κ1) is 12.3. The minimum Gasteiger partial charge on any atom is -0.388 e. The Morgan fingerprint density at radius 3 is 3.12 bits per heavy atom. The minimum atomic E-state index is -0.483. The second-order valence-electron chi connectivity index (χ2n) is 3.48. The van der Waals surface area contributed by atoms with Crippen LogP contribution in [-0.4, -0.2) is 22.1 Å². The average molecular weight is 221 g/mol. The lowest BCUT2D eigenvalue weighted by atomic mass is 10.1. The molecule has 5 heteroatoms. The van der Waals surface area contributed by atoms with Crippen LogP contribution in [0.1, 0.15) is 25.0 Å². The van der Waals surface area contributed by atoms with E-state index in [4.69, 9.17) is 5.26 Å². The Labute approximate surface area is 94.3 Å². The van der Waals surface area contributed by atoms with Crippen molar-refractivity contribution < 1.29 is 9.90 Å². The second-order valence-corrected chi connectivity index (χ2v) is 3.48. The van der Waals surface area contributed by atoms with Gasteiger partial charge in [0.1, 0.15) is 13.1 Å². The minimum absolute atomic E-state index is 0.0184. The summed E-state index contributed by atoms with van der Waals surface area (Å²) in [7, 11) is 0. The summed E-state index contributed by atoms with van der Waals surface area (Å²) in [6.07, 6.45) is 3.63. The number of carbonyl (C=O) groups is 1. The van der Waals surface area contributed by atoms with Crippen LogP contribution >= 0.6 is 0 Å². The Hall–Kier alpha value is -1.80. The largest absolute Gasteiger partial charge is 0.388 e. The molecule has 1 amide bonds. The lowest BCUT2D eigenvalue weighted by molar-refractivity contribution is -0.121. The number of aliphatic hydroxyl groups is 1. The molecule has 5 nitrogen and oxygen atoms in total. The van der Waals surface area contributed by atoms with E-state index in [1.165, 1.54) is 0 Å². The average Bonchev–Trinajstić information content (AvgIpc) is 2.73. The van der Waals surface area contributed by atoms with Gasteiger partial charge in [0.05, 0.1) is 12.2 Å². The number of nitrogens with one attached hydrogen (secondary N) is 1. The fraction of sp³-hybridized carbons (Fsp3) is 0.455. The third-order valence-corrected chi connectivity index (χ3v) is 2.24. The monoisotopic (exact) mass is 221 g/mol. The van der Waals surface area contributed by atoms with Crippen LogP contribution in [0.2, 0.25) is 0 Å². The van der Waals surface area contributed by atoms with Gasteiger partial charge in [0.15, 0.2) is 0 Å². The third kappa shape index (κ3) is 3.41. The van der Waals surface area contributed by atoms with Crippen LogP contribution in [0.3, 0.4) is 0 Å². The van der Waals surface area contributed by atoms with E-state index >= 15 is 0 Å². The number of nitriles is 1. The number of aliphatic hydroxyl groups excluding tert-OH is 1. The molecule has 0 aliphatic heterocycles. The van der Waals surface area contributed by atoms with Crippen molar-refractivity contribution in [3.8, 4) is 6.07 Å². The molecule has 0 saturated heterocycles. The first-order valence-electron chi connectivity index (χ1n) is 5.14. The van der Waals surface area contributed by atoms with Gasteiger partial charge in [-0.05, 0) is 18.1 Å². The second kappa shape index (κ2) is 5.93. The van der Waals surface area contributed by atoms with Gasteiger partial charge >= 0.3 is 0 Å². The summed E-state index contributed by atoms with van der Waals surface area (Å²) in [5.41, 5.74) is 0.801. The van der Waals surface area contributed by atoms with Crippen LogP contribution in [0.5, 0.6) is 0 Å². The highest BCUT2D eigenvalue weighted by Crippen LogP contribution is 2.15. The van der Waals surface area contributed by atoms with Crippen molar-refractivity contribution in [2.75, 3.05) is 6.54 Å². The number of aromatic nitrogens is 1. The molecule has 0 aromatic carbocycles. The number of amides is 1.